The van der Waals surface area contributed by atoms with E-state index in [4.69, 9.17) is 0 Å². The molecule has 2 aromatic carbocycles. The molecule has 0 atom stereocenters. The predicted octanol–water partition coefficient (Wildman–Crippen LogP) is 2.63. The number of pyridine rings is 1. The molecule has 0 amide bonds. The second-order valence-electron chi connectivity index (χ2n) is 5.22. The van der Waals surface area contributed by atoms with E-state index in [2.05, 4.69) is 10.1 Å². The summed E-state index contributed by atoms with van der Waals surface area (Å²) in [6.07, 6.45) is 0. The highest BCUT2D eigenvalue weighted by Gasteiger charge is 2.08. The average Bonchev–Trinajstić information content (AvgIpc) is 2.83. The molecule has 4 aromatic rings. The number of aromatic nitrogens is 3. The lowest BCUT2D eigenvalue weighted by Crippen LogP contribution is -2.07. The quantitative estimate of drug-likeness (QED) is 0.596. The van der Waals surface area contributed by atoms with Gasteiger partial charge in [-0.2, -0.15) is 0 Å². The van der Waals surface area contributed by atoms with Crippen LogP contribution in [0.25, 0.3) is 21.8 Å². The first kappa shape index (κ1) is 12.6. The van der Waals surface area contributed by atoms with Crippen LogP contribution in [-0.2, 0) is 6.54 Å². The summed E-state index contributed by atoms with van der Waals surface area (Å²) in [5, 5.41) is 13.8. The molecule has 0 aliphatic carbocycles. The molecule has 0 bridgehead atoms. The molecule has 0 radical (unpaired) electrons. The van der Waals surface area contributed by atoms with Gasteiger partial charge >= 0.3 is 0 Å². The number of nitrogens with one attached hydrogen (secondary N) is 1. The number of para-hydroxylation sites is 1. The fourth-order valence-corrected chi connectivity index (χ4v) is 2.67. The Hall–Kier alpha value is -3.08. The van der Waals surface area contributed by atoms with Crippen molar-refractivity contribution in [3.05, 3.63) is 70.6 Å². The molecule has 0 spiro atoms. The van der Waals surface area contributed by atoms with Crippen molar-refractivity contribution in [3.8, 4) is 5.75 Å². The molecule has 5 heteroatoms. The minimum atomic E-state index is -0.216. The van der Waals surface area contributed by atoms with Crippen LogP contribution in [0.1, 0.15) is 5.69 Å². The van der Waals surface area contributed by atoms with Crippen LogP contribution in [0.2, 0.25) is 0 Å². The summed E-state index contributed by atoms with van der Waals surface area (Å²) in [4.78, 5) is 16.6. The molecule has 0 unspecified atom stereocenters. The van der Waals surface area contributed by atoms with Gasteiger partial charge in [-0.25, -0.2) is 0 Å². The zero-order valence-electron chi connectivity index (χ0n) is 11.7. The first-order valence-corrected chi connectivity index (χ1v) is 6.97. The van der Waals surface area contributed by atoms with Crippen LogP contribution in [-0.4, -0.2) is 19.9 Å². The highest BCUT2D eigenvalue weighted by atomic mass is 16.3. The second-order valence-corrected chi connectivity index (χ2v) is 5.22. The van der Waals surface area contributed by atoms with E-state index >= 15 is 0 Å². The molecule has 0 saturated heterocycles. The Balaban J connectivity index is 1.80. The minimum Gasteiger partial charge on any atom is -0.508 e. The van der Waals surface area contributed by atoms with Crippen LogP contribution in [0, 0.1) is 0 Å². The molecule has 2 N–H and O–H groups in total. The molecule has 22 heavy (non-hydrogen) atoms. The van der Waals surface area contributed by atoms with Gasteiger partial charge in [0.1, 0.15) is 5.75 Å². The number of phenolic OH excluding ortho intramolecular Hbond substituents is 1. The highest BCUT2D eigenvalue weighted by molar-refractivity contribution is 5.80. The molecule has 5 nitrogen and oxygen atoms in total. The maximum absolute atomic E-state index is 11.9. The Morgan fingerprint density at radius 2 is 1.95 bits per heavy atom. The molecule has 108 valence electrons. The number of fused-ring (bicyclic) bond motifs is 2. The van der Waals surface area contributed by atoms with Gasteiger partial charge in [-0.15, -0.1) is 0 Å². The lowest BCUT2D eigenvalue weighted by molar-refractivity contribution is 0.476. The van der Waals surface area contributed by atoms with Gasteiger partial charge in [0.05, 0.1) is 28.7 Å². The average molecular weight is 291 g/mol. The Morgan fingerprint density at radius 1 is 1.09 bits per heavy atom. The van der Waals surface area contributed by atoms with Crippen LogP contribution in [0.3, 0.4) is 0 Å². The molecule has 0 aliphatic heterocycles. The summed E-state index contributed by atoms with van der Waals surface area (Å²) in [7, 11) is 0. The largest absolute Gasteiger partial charge is 0.508 e. The van der Waals surface area contributed by atoms with Gasteiger partial charge < -0.3 is 5.11 Å². The number of phenols is 1. The van der Waals surface area contributed by atoms with Crippen molar-refractivity contribution < 1.29 is 5.11 Å². The van der Waals surface area contributed by atoms with Gasteiger partial charge in [0.15, 0.2) is 0 Å². The molecule has 0 aliphatic rings. The first-order valence-electron chi connectivity index (χ1n) is 6.97. The van der Waals surface area contributed by atoms with E-state index in [0.717, 1.165) is 22.1 Å². The third kappa shape index (κ3) is 2.03. The molecular weight excluding hydrogens is 278 g/mol. The summed E-state index contributed by atoms with van der Waals surface area (Å²) < 4.78 is 1.74. The lowest BCUT2D eigenvalue weighted by atomic mass is 10.2. The minimum absolute atomic E-state index is 0.0829. The summed E-state index contributed by atoms with van der Waals surface area (Å²) in [5.41, 5.74) is 2.32. The lowest BCUT2D eigenvalue weighted by Gasteiger charge is -2.05. The Labute approximate surface area is 125 Å². The summed E-state index contributed by atoms with van der Waals surface area (Å²) >= 11 is 0. The van der Waals surface area contributed by atoms with Crippen molar-refractivity contribution in [2.24, 2.45) is 0 Å². The third-order valence-electron chi connectivity index (χ3n) is 3.73. The van der Waals surface area contributed by atoms with Gasteiger partial charge in [0.25, 0.3) is 5.56 Å². The number of hydrogen-bond donors (Lipinski definition) is 2. The van der Waals surface area contributed by atoms with Crippen molar-refractivity contribution in [2.45, 2.75) is 6.54 Å². The second kappa shape index (κ2) is 4.73. The van der Waals surface area contributed by atoms with Crippen LogP contribution >= 0.6 is 0 Å². The van der Waals surface area contributed by atoms with E-state index < -0.39 is 0 Å². The van der Waals surface area contributed by atoms with Crippen LogP contribution < -0.4 is 5.56 Å². The molecule has 4 rings (SSSR count). The van der Waals surface area contributed by atoms with E-state index in [0.29, 0.717) is 11.9 Å². The predicted molar refractivity (Wildman–Crippen MR) is 85.1 cm³/mol. The maximum atomic E-state index is 11.9. The zero-order valence-corrected chi connectivity index (χ0v) is 11.7. The Bertz CT molecular complexity index is 1050. The van der Waals surface area contributed by atoms with Crippen LogP contribution in [0.15, 0.2) is 59.4 Å². The monoisotopic (exact) mass is 291 g/mol. The highest BCUT2D eigenvalue weighted by Crippen LogP contribution is 2.18. The number of hydrogen-bond acceptors (Lipinski definition) is 3. The van der Waals surface area contributed by atoms with Gasteiger partial charge in [0, 0.05) is 5.39 Å². The van der Waals surface area contributed by atoms with Gasteiger partial charge in [-0.05, 0) is 30.3 Å². The zero-order chi connectivity index (χ0) is 15.1. The van der Waals surface area contributed by atoms with Crippen molar-refractivity contribution in [3.63, 3.8) is 0 Å². The van der Waals surface area contributed by atoms with Crippen LogP contribution in [0.4, 0.5) is 0 Å². The molecule has 0 fully saturated rings. The third-order valence-corrected chi connectivity index (χ3v) is 3.73. The van der Waals surface area contributed by atoms with Gasteiger partial charge in [0.2, 0.25) is 0 Å². The van der Waals surface area contributed by atoms with Crippen molar-refractivity contribution in [1.82, 2.24) is 14.8 Å². The number of rotatable bonds is 2. The maximum Gasteiger partial charge on any atom is 0.272 e. The molecule has 0 saturated carbocycles. The smallest absolute Gasteiger partial charge is 0.272 e. The standard InChI is InChI=1S/C17H13N3O2/c21-13-7-8-16-14(9-13)17(22)19-20(16)10-12-6-5-11-3-1-2-4-15(11)18-12/h1-9,21H,10H2,(H,19,22). The number of benzene rings is 2. The molecule has 2 heterocycles. The van der Waals surface area contributed by atoms with E-state index in [1.807, 2.05) is 36.4 Å². The normalized spacial score (nSPS) is 11.3. The number of aromatic hydroxyl groups is 1. The molecule has 2 aromatic heterocycles. The number of nitrogens with zero attached hydrogens (tertiary/aromatic N) is 2. The topological polar surface area (TPSA) is 70.9 Å². The van der Waals surface area contributed by atoms with Gasteiger partial charge in [-0.3, -0.25) is 19.6 Å². The molecular formula is C17H13N3O2. The fourth-order valence-electron chi connectivity index (χ4n) is 2.67. The van der Waals surface area contributed by atoms with Crippen LogP contribution in [0.5, 0.6) is 5.75 Å². The summed E-state index contributed by atoms with van der Waals surface area (Å²) in [6.45, 7) is 0.467. The van der Waals surface area contributed by atoms with E-state index in [9.17, 15) is 9.90 Å². The van der Waals surface area contributed by atoms with E-state index in [-0.39, 0.29) is 11.3 Å². The number of H-pyrrole nitrogens is 1. The van der Waals surface area contributed by atoms with Crippen molar-refractivity contribution in [1.29, 1.82) is 0 Å². The fraction of sp³-hybridized carbons (Fsp3) is 0.0588. The van der Waals surface area contributed by atoms with Gasteiger partial charge in [-0.1, -0.05) is 24.3 Å². The number of aromatic amines is 1. The van der Waals surface area contributed by atoms with E-state index in [1.54, 1.807) is 16.8 Å². The van der Waals surface area contributed by atoms with E-state index in [1.165, 1.54) is 6.07 Å². The first-order chi connectivity index (χ1) is 10.7. The van der Waals surface area contributed by atoms with Crippen molar-refractivity contribution >= 4 is 21.8 Å². The summed E-state index contributed by atoms with van der Waals surface area (Å²) in [5.74, 6) is 0.0829. The van der Waals surface area contributed by atoms with Crippen molar-refractivity contribution in [2.75, 3.05) is 0 Å². The SMILES string of the molecule is O=c1[nH]n(Cc2ccc3ccccc3n2)c2ccc(O)cc12. The Kier molecular flexibility index (Phi) is 2.72. The summed E-state index contributed by atoms with van der Waals surface area (Å²) in [6, 6.07) is 16.7. The Morgan fingerprint density at radius 3 is 2.86 bits per heavy atom.